The molecule has 1 N–H and O–H groups in total. The van der Waals surface area contributed by atoms with Crippen LogP contribution in [0.15, 0.2) is 63.5 Å². The third-order valence-electron chi connectivity index (χ3n) is 4.36. The Morgan fingerprint density at radius 1 is 1.24 bits per heavy atom. The van der Waals surface area contributed by atoms with Crippen LogP contribution in [0.3, 0.4) is 0 Å². The lowest BCUT2D eigenvalue weighted by atomic mass is 10.1. The number of amidine groups is 3. The summed E-state index contributed by atoms with van der Waals surface area (Å²) in [5.41, 5.74) is 3.35. The monoisotopic (exact) mass is 422 g/mol. The number of ether oxygens (including phenoxy) is 1. The molecular formula is C21H18N4O2S2. The van der Waals surface area contributed by atoms with Crippen molar-refractivity contribution in [2.24, 2.45) is 9.39 Å². The van der Waals surface area contributed by atoms with Gasteiger partial charge in [0.2, 0.25) is 5.17 Å². The fraction of sp³-hybridized carbons (Fsp3) is 0.143. The molecule has 0 spiro atoms. The molecule has 2 aliphatic rings. The van der Waals surface area contributed by atoms with Gasteiger partial charge in [-0.15, -0.1) is 0 Å². The molecular weight excluding hydrogens is 404 g/mol. The van der Waals surface area contributed by atoms with Crippen LogP contribution in [0.4, 0.5) is 0 Å². The zero-order valence-electron chi connectivity index (χ0n) is 15.9. The molecule has 4 rings (SSSR count). The second-order valence-corrected chi connectivity index (χ2v) is 7.96. The second kappa shape index (κ2) is 8.26. The molecule has 2 heterocycles. The van der Waals surface area contributed by atoms with Crippen molar-refractivity contribution in [1.82, 2.24) is 4.90 Å². The molecule has 0 saturated carbocycles. The predicted molar refractivity (Wildman–Crippen MR) is 120 cm³/mol. The first-order chi connectivity index (χ1) is 14.0. The van der Waals surface area contributed by atoms with E-state index in [0.717, 1.165) is 28.8 Å². The molecule has 0 atom stereocenters. The van der Waals surface area contributed by atoms with E-state index in [1.807, 2.05) is 42.7 Å². The Bertz CT molecular complexity index is 1070. The molecule has 0 bridgehead atoms. The number of rotatable bonds is 4. The van der Waals surface area contributed by atoms with E-state index in [9.17, 15) is 4.79 Å². The standard InChI is InChI=1S/C21H18N4O2S2/c1-13-4-3-5-15(10-13)12-27-16-8-6-14(7-9-16)11-17-18(22)25-20(23-19(17)26)29-24-21(25)28-2/h3-11,22H,12H2,1-2H3/b17-11-,22-18?. The number of carbonyl (C=O) groups excluding carboxylic acids is 1. The van der Waals surface area contributed by atoms with E-state index in [2.05, 4.69) is 28.4 Å². The highest BCUT2D eigenvalue weighted by Gasteiger charge is 2.36. The van der Waals surface area contributed by atoms with Crippen LogP contribution in [0.25, 0.3) is 6.08 Å². The van der Waals surface area contributed by atoms with Crippen molar-refractivity contribution in [3.63, 3.8) is 0 Å². The maximum atomic E-state index is 12.4. The highest BCUT2D eigenvalue weighted by atomic mass is 32.2. The van der Waals surface area contributed by atoms with Crippen LogP contribution in [0, 0.1) is 12.3 Å². The number of hydrogen-bond acceptors (Lipinski definition) is 6. The first-order valence-corrected chi connectivity index (χ1v) is 10.9. The van der Waals surface area contributed by atoms with Crippen molar-refractivity contribution in [1.29, 1.82) is 5.41 Å². The smallest absolute Gasteiger partial charge is 0.283 e. The fourth-order valence-electron chi connectivity index (χ4n) is 2.93. The van der Waals surface area contributed by atoms with Gasteiger partial charge in [-0.05, 0) is 42.5 Å². The first kappa shape index (κ1) is 19.5. The van der Waals surface area contributed by atoms with E-state index in [1.165, 1.54) is 17.3 Å². The molecule has 0 saturated heterocycles. The van der Waals surface area contributed by atoms with Gasteiger partial charge >= 0.3 is 0 Å². The number of benzene rings is 2. The SMILES string of the molecule is CSC1=NSC2=NC(=O)/C(=C\c3ccc(OCc4cccc(C)c4)cc3)C(=N)N12. The van der Waals surface area contributed by atoms with Crippen LogP contribution in [-0.4, -0.2) is 33.2 Å². The number of thioether (sulfide) groups is 1. The third kappa shape index (κ3) is 4.13. The van der Waals surface area contributed by atoms with Crippen LogP contribution in [0.5, 0.6) is 5.75 Å². The summed E-state index contributed by atoms with van der Waals surface area (Å²) in [7, 11) is 0. The van der Waals surface area contributed by atoms with Crippen molar-refractivity contribution in [3.05, 3.63) is 70.8 Å². The van der Waals surface area contributed by atoms with Gasteiger partial charge < -0.3 is 4.74 Å². The maximum Gasteiger partial charge on any atom is 0.283 e. The number of nitrogens with zero attached hydrogens (tertiary/aromatic N) is 3. The minimum Gasteiger partial charge on any atom is -0.489 e. The first-order valence-electron chi connectivity index (χ1n) is 8.86. The number of carbonyl (C=O) groups is 1. The highest BCUT2D eigenvalue weighted by molar-refractivity contribution is 8.18. The predicted octanol–water partition coefficient (Wildman–Crippen LogP) is 4.51. The molecule has 0 aromatic heterocycles. The van der Waals surface area contributed by atoms with E-state index < -0.39 is 5.91 Å². The minimum absolute atomic E-state index is 0.0953. The molecule has 6 nitrogen and oxygen atoms in total. The third-order valence-corrected chi connectivity index (χ3v) is 5.81. The molecule has 2 aliphatic heterocycles. The summed E-state index contributed by atoms with van der Waals surface area (Å²) in [5, 5.41) is 9.51. The van der Waals surface area contributed by atoms with Gasteiger partial charge in [0.05, 0.1) is 17.5 Å². The molecule has 1 amide bonds. The molecule has 0 aliphatic carbocycles. The summed E-state index contributed by atoms with van der Waals surface area (Å²) in [6.45, 7) is 2.55. The van der Waals surface area contributed by atoms with Gasteiger partial charge in [0, 0.05) is 0 Å². The molecule has 0 unspecified atom stereocenters. The lowest BCUT2D eigenvalue weighted by Crippen LogP contribution is -2.41. The summed E-state index contributed by atoms with van der Waals surface area (Å²) in [4.78, 5) is 18.0. The second-order valence-electron chi connectivity index (χ2n) is 6.46. The summed E-state index contributed by atoms with van der Waals surface area (Å²) in [6.07, 6.45) is 3.56. The van der Waals surface area contributed by atoms with Crippen molar-refractivity contribution < 1.29 is 9.53 Å². The van der Waals surface area contributed by atoms with E-state index in [4.69, 9.17) is 10.1 Å². The topological polar surface area (TPSA) is 78.1 Å². The number of nitrogens with one attached hydrogen (secondary N) is 1. The number of amides is 1. The number of aryl methyl sites for hydroxylation is 1. The summed E-state index contributed by atoms with van der Waals surface area (Å²) >= 11 is 2.54. The Hall–Kier alpha value is -2.84. The normalized spacial score (nSPS) is 17.3. The molecule has 0 fully saturated rings. The average molecular weight is 423 g/mol. The zero-order chi connectivity index (χ0) is 20.4. The van der Waals surface area contributed by atoms with E-state index in [0.29, 0.717) is 16.9 Å². The average Bonchev–Trinajstić information content (AvgIpc) is 3.13. The Labute approximate surface area is 177 Å². The van der Waals surface area contributed by atoms with Crippen molar-refractivity contribution in [2.75, 3.05) is 6.26 Å². The Morgan fingerprint density at radius 3 is 2.76 bits per heavy atom. The van der Waals surface area contributed by atoms with Gasteiger partial charge in [0.15, 0.2) is 5.17 Å². The van der Waals surface area contributed by atoms with Crippen molar-refractivity contribution in [3.8, 4) is 5.75 Å². The van der Waals surface area contributed by atoms with Gasteiger partial charge in [-0.1, -0.05) is 53.7 Å². The zero-order valence-corrected chi connectivity index (χ0v) is 17.5. The lowest BCUT2D eigenvalue weighted by molar-refractivity contribution is -0.114. The van der Waals surface area contributed by atoms with Gasteiger partial charge in [-0.3, -0.25) is 10.2 Å². The number of hydrogen-bond donors (Lipinski definition) is 1. The van der Waals surface area contributed by atoms with Crippen molar-refractivity contribution in [2.45, 2.75) is 13.5 Å². The maximum absolute atomic E-state index is 12.4. The van der Waals surface area contributed by atoms with E-state index >= 15 is 0 Å². The van der Waals surface area contributed by atoms with E-state index in [1.54, 1.807) is 11.0 Å². The van der Waals surface area contributed by atoms with Crippen LogP contribution < -0.4 is 4.74 Å². The molecule has 146 valence electrons. The number of fused-ring (bicyclic) bond motifs is 1. The summed E-state index contributed by atoms with van der Waals surface area (Å²) in [5.74, 6) is 0.413. The largest absolute Gasteiger partial charge is 0.489 e. The van der Waals surface area contributed by atoms with Crippen LogP contribution >= 0.6 is 23.7 Å². The summed E-state index contributed by atoms with van der Waals surface area (Å²) in [6, 6.07) is 15.6. The Morgan fingerprint density at radius 2 is 2.03 bits per heavy atom. The number of aliphatic imine (C=N–C) groups is 1. The van der Waals surface area contributed by atoms with Crippen LogP contribution in [0.2, 0.25) is 0 Å². The van der Waals surface area contributed by atoms with Gasteiger partial charge in [-0.25, -0.2) is 4.90 Å². The van der Waals surface area contributed by atoms with Crippen LogP contribution in [0.1, 0.15) is 16.7 Å². The lowest BCUT2D eigenvalue weighted by Gasteiger charge is -2.23. The van der Waals surface area contributed by atoms with Crippen LogP contribution in [-0.2, 0) is 11.4 Å². The van der Waals surface area contributed by atoms with Gasteiger partial charge in [0.1, 0.15) is 18.2 Å². The summed E-state index contributed by atoms with van der Waals surface area (Å²) < 4.78 is 10.1. The molecule has 2 aromatic carbocycles. The molecule has 0 radical (unpaired) electrons. The van der Waals surface area contributed by atoms with Crippen molar-refractivity contribution >= 4 is 51.9 Å². The molecule has 29 heavy (non-hydrogen) atoms. The van der Waals surface area contributed by atoms with E-state index in [-0.39, 0.29) is 11.4 Å². The van der Waals surface area contributed by atoms with Gasteiger partial charge in [0.25, 0.3) is 5.91 Å². The molecule has 8 heteroatoms. The van der Waals surface area contributed by atoms with Gasteiger partial charge in [-0.2, -0.15) is 9.39 Å². The Kier molecular flexibility index (Phi) is 5.55. The molecule has 2 aromatic rings. The minimum atomic E-state index is -0.425. The fourth-order valence-corrected chi connectivity index (χ4v) is 4.38. The quantitative estimate of drug-likeness (QED) is 0.579. The highest BCUT2D eigenvalue weighted by Crippen LogP contribution is 2.31. The Balaban J connectivity index is 1.49.